The second-order valence-corrected chi connectivity index (χ2v) is 6.54. The van der Waals surface area contributed by atoms with Crippen LogP contribution in [0.3, 0.4) is 0 Å². The number of ether oxygens (including phenoxy) is 1. The van der Waals surface area contributed by atoms with Gasteiger partial charge in [0.2, 0.25) is 0 Å². The van der Waals surface area contributed by atoms with E-state index in [2.05, 4.69) is 32.6 Å². The summed E-state index contributed by atoms with van der Waals surface area (Å²) in [5, 5.41) is 0. The predicted octanol–water partition coefficient (Wildman–Crippen LogP) is 2.79. The molecule has 0 saturated carbocycles. The van der Waals surface area contributed by atoms with Gasteiger partial charge in [-0.2, -0.15) is 0 Å². The molecule has 1 atom stereocenters. The van der Waals surface area contributed by atoms with Crippen LogP contribution in [0.4, 0.5) is 0 Å². The second kappa shape index (κ2) is 6.88. The van der Waals surface area contributed by atoms with Gasteiger partial charge >= 0.3 is 0 Å². The Morgan fingerprint density at radius 1 is 1.28 bits per heavy atom. The topological polar surface area (TPSA) is 38.5 Å². The highest BCUT2D eigenvalue weighted by Gasteiger charge is 2.37. The van der Waals surface area contributed by atoms with Crippen molar-refractivity contribution >= 4 is 0 Å². The van der Waals surface area contributed by atoms with Crippen LogP contribution < -0.4 is 5.73 Å². The lowest BCUT2D eigenvalue weighted by Gasteiger charge is -2.48. The fraction of sp³-hybridized carbons (Fsp3) is 1.00. The zero-order valence-electron chi connectivity index (χ0n) is 12.8. The van der Waals surface area contributed by atoms with Crippen LogP contribution in [0.25, 0.3) is 0 Å². The molecular weight excluding hydrogens is 224 g/mol. The first-order valence-electron chi connectivity index (χ1n) is 7.52. The van der Waals surface area contributed by atoms with Crippen molar-refractivity contribution in [3.8, 4) is 0 Å². The molecule has 1 saturated heterocycles. The summed E-state index contributed by atoms with van der Waals surface area (Å²) in [5.74, 6) is 0. The van der Waals surface area contributed by atoms with Gasteiger partial charge in [0.15, 0.2) is 0 Å². The lowest BCUT2D eigenvalue weighted by atomic mass is 9.90. The van der Waals surface area contributed by atoms with E-state index in [0.29, 0.717) is 0 Å². The van der Waals surface area contributed by atoms with Crippen molar-refractivity contribution in [1.29, 1.82) is 0 Å². The zero-order chi connectivity index (χ0) is 13.6. The molecule has 1 heterocycles. The number of nitrogens with two attached hydrogens (primary N) is 1. The van der Waals surface area contributed by atoms with Crippen LogP contribution in [-0.2, 0) is 4.74 Å². The molecule has 0 aromatic heterocycles. The Morgan fingerprint density at radius 3 is 2.56 bits per heavy atom. The lowest BCUT2D eigenvalue weighted by molar-refractivity contribution is -0.114. The van der Waals surface area contributed by atoms with Gasteiger partial charge in [0.05, 0.1) is 12.2 Å². The van der Waals surface area contributed by atoms with E-state index in [9.17, 15) is 0 Å². The first-order valence-corrected chi connectivity index (χ1v) is 7.52. The summed E-state index contributed by atoms with van der Waals surface area (Å²) < 4.78 is 5.80. The first-order chi connectivity index (χ1) is 8.43. The summed E-state index contributed by atoms with van der Waals surface area (Å²) in [4.78, 5) is 2.54. The molecule has 0 aromatic rings. The summed E-state index contributed by atoms with van der Waals surface area (Å²) in [5.41, 5.74) is 6.18. The number of hydrogen-bond donors (Lipinski definition) is 1. The van der Waals surface area contributed by atoms with Gasteiger partial charge in [-0.25, -0.2) is 0 Å². The van der Waals surface area contributed by atoms with E-state index in [1.54, 1.807) is 0 Å². The van der Waals surface area contributed by atoms with Gasteiger partial charge in [-0.1, -0.05) is 32.6 Å². The van der Waals surface area contributed by atoms with Crippen LogP contribution in [0, 0.1) is 0 Å². The maximum Gasteiger partial charge on any atom is 0.0753 e. The smallest absolute Gasteiger partial charge is 0.0753 e. The van der Waals surface area contributed by atoms with Crippen LogP contribution in [0.5, 0.6) is 0 Å². The molecule has 3 heteroatoms. The van der Waals surface area contributed by atoms with Crippen molar-refractivity contribution in [2.75, 3.05) is 26.2 Å². The summed E-state index contributed by atoms with van der Waals surface area (Å²) in [6.45, 7) is 12.5. The highest BCUT2D eigenvalue weighted by atomic mass is 16.5. The van der Waals surface area contributed by atoms with E-state index in [-0.39, 0.29) is 11.1 Å². The first kappa shape index (κ1) is 15.9. The summed E-state index contributed by atoms with van der Waals surface area (Å²) >= 11 is 0. The maximum atomic E-state index is 6.06. The van der Waals surface area contributed by atoms with Gasteiger partial charge in [0.1, 0.15) is 0 Å². The maximum absolute atomic E-state index is 6.06. The Bertz CT molecular complexity index is 243. The molecule has 1 rings (SSSR count). The fourth-order valence-corrected chi connectivity index (χ4v) is 2.80. The van der Waals surface area contributed by atoms with Crippen molar-refractivity contribution in [3.63, 3.8) is 0 Å². The van der Waals surface area contributed by atoms with Crippen molar-refractivity contribution in [1.82, 2.24) is 4.90 Å². The summed E-state index contributed by atoms with van der Waals surface area (Å²) in [7, 11) is 0. The molecule has 1 unspecified atom stereocenters. The minimum atomic E-state index is -0.0297. The molecule has 0 aliphatic carbocycles. The van der Waals surface area contributed by atoms with Gasteiger partial charge in [-0.15, -0.1) is 0 Å². The van der Waals surface area contributed by atoms with Crippen LogP contribution >= 0.6 is 0 Å². The quantitative estimate of drug-likeness (QED) is 0.712. The average Bonchev–Trinajstić information content (AvgIpc) is 2.33. The van der Waals surface area contributed by atoms with Crippen molar-refractivity contribution in [2.24, 2.45) is 5.73 Å². The standard InChI is InChI=1S/C15H32N2O/c1-5-6-7-8-9-15(4,12-16)17-10-11-18-14(2,3)13-17/h5-13,16H2,1-4H3. The molecule has 0 spiro atoms. The van der Waals surface area contributed by atoms with E-state index >= 15 is 0 Å². The van der Waals surface area contributed by atoms with Gasteiger partial charge in [-0.05, 0) is 27.2 Å². The largest absolute Gasteiger partial charge is 0.373 e. The number of nitrogens with zero attached hydrogens (tertiary/aromatic N) is 1. The van der Waals surface area contributed by atoms with E-state index in [4.69, 9.17) is 10.5 Å². The highest BCUT2D eigenvalue weighted by molar-refractivity contribution is 4.92. The van der Waals surface area contributed by atoms with E-state index in [1.165, 1.54) is 32.1 Å². The third-order valence-electron chi connectivity index (χ3n) is 4.20. The molecule has 0 radical (unpaired) electrons. The SMILES string of the molecule is CCCCCCC(C)(CN)N1CCOC(C)(C)C1. The molecule has 108 valence electrons. The average molecular weight is 256 g/mol. The Labute approximate surface area is 113 Å². The van der Waals surface area contributed by atoms with Gasteiger partial charge in [-0.3, -0.25) is 4.90 Å². The summed E-state index contributed by atoms with van der Waals surface area (Å²) in [6.07, 6.45) is 6.47. The second-order valence-electron chi connectivity index (χ2n) is 6.54. The molecule has 2 N–H and O–H groups in total. The molecule has 18 heavy (non-hydrogen) atoms. The summed E-state index contributed by atoms with van der Waals surface area (Å²) in [6, 6.07) is 0. The Kier molecular flexibility index (Phi) is 6.09. The van der Waals surface area contributed by atoms with Crippen molar-refractivity contribution in [3.05, 3.63) is 0 Å². The number of unbranched alkanes of at least 4 members (excludes halogenated alkanes) is 3. The van der Waals surface area contributed by atoms with Crippen LogP contribution in [0.1, 0.15) is 59.8 Å². The minimum absolute atomic E-state index is 0.0297. The Morgan fingerprint density at radius 2 is 2.00 bits per heavy atom. The molecule has 0 bridgehead atoms. The zero-order valence-corrected chi connectivity index (χ0v) is 12.8. The molecule has 1 aliphatic rings. The van der Waals surface area contributed by atoms with Crippen LogP contribution in [0.2, 0.25) is 0 Å². The highest BCUT2D eigenvalue weighted by Crippen LogP contribution is 2.27. The van der Waals surface area contributed by atoms with Gasteiger partial charge in [0.25, 0.3) is 0 Å². The Hall–Kier alpha value is -0.120. The molecule has 3 nitrogen and oxygen atoms in total. The van der Waals surface area contributed by atoms with E-state index in [1.807, 2.05) is 0 Å². The fourth-order valence-electron chi connectivity index (χ4n) is 2.80. The van der Waals surface area contributed by atoms with Crippen LogP contribution in [-0.4, -0.2) is 42.3 Å². The number of rotatable bonds is 7. The lowest BCUT2D eigenvalue weighted by Crippen LogP contribution is -2.60. The minimum Gasteiger partial charge on any atom is -0.373 e. The third-order valence-corrected chi connectivity index (χ3v) is 4.20. The van der Waals surface area contributed by atoms with Crippen molar-refractivity contribution < 1.29 is 4.74 Å². The Balaban J connectivity index is 2.51. The predicted molar refractivity (Wildman–Crippen MR) is 77.8 cm³/mol. The molecule has 1 aliphatic heterocycles. The molecule has 1 fully saturated rings. The van der Waals surface area contributed by atoms with Gasteiger partial charge in [0, 0.05) is 25.2 Å². The number of hydrogen-bond acceptors (Lipinski definition) is 3. The molecule has 0 amide bonds. The monoisotopic (exact) mass is 256 g/mol. The van der Waals surface area contributed by atoms with Crippen LogP contribution in [0.15, 0.2) is 0 Å². The number of morpholine rings is 1. The van der Waals surface area contributed by atoms with E-state index in [0.717, 1.165) is 26.2 Å². The van der Waals surface area contributed by atoms with Gasteiger partial charge < -0.3 is 10.5 Å². The molecule has 0 aromatic carbocycles. The van der Waals surface area contributed by atoms with Crippen molar-refractivity contribution in [2.45, 2.75) is 70.9 Å². The van der Waals surface area contributed by atoms with E-state index < -0.39 is 0 Å². The molecular formula is C15H32N2O. The third kappa shape index (κ3) is 4.52. The normalized spacial score (nSPS) is 23.8.